The molecule has 4 aliphatic rings. The molecule has 0 aliphatic carbocycles. The van der Waals surface area contributed by atoms with E-state index in [2.05, 4.69) is 28.3 Å². The van der Waals surface area contributed by atoms with Crippen molar-refractivity contribution in [1.29, 1.82) is 0 Å². The molecule has 13 heteroatoms. The van der Waals surface area contributed by atoms with Crippen LogP contribution in [0.3, 0.4) is 0 Å². The SMILES string of the molecule is C=C1CN2CCC[C@]2(COc2nc3c(c(N4CCOC[C@@](C)(O)C4)n2)CO[C@H](c2c(F)c(N)cc(C#CC)c2C(F)(F)F)C3)C1. The molecular weight excluding hydrogens is 594 g/mol. The molecule has 2 aromatic rings. The van der Waals surface area contributed by atoms with Gasteiger partial charge in [-0.1, -0.05) is 18.1 Å². The van der Waals surface area contributed by atoms with Gasteiger partial charge < -0.3 is 30.0 Å². The number of hydrogen-bond donors (Lipinski definition) is 2. The summed E-state index contributed by atoms with van der Waals surface area (Å²) in [5.41, 5.74) is 3.65. The maximum atomic E-state index is 15.5. The van der Waals surface area contributed by atoms with Crippen LogP contribution in [0.25, 0.3) is 0 Å². The number of nitrogen functional groups attached to an aromatic ring is 1. The lowest BCUT2D eigenvalue weighted by molar-refractivity contribution is -0.140. The van der Waals surface area contributed by atoms with Crippen molar-refractivity contribution in [3.63, 3.8) is 0 Å². The number of aliphatic hydroxyl groups is 1. The molecule has 0 radical (unpaired) electrons. The zero-order valence-electron chi connectivity index (χ0n) is 25.4. The molecule has 0 spiro atoms. The van der Waals surface area contributed by atoms with Gasteiger partial charge in [-0.2, -0.15) is 23.1 Å². The van der Waals surface area contributed by atoms with Gasteiger partial charge in [-0.15, -0.1) is 5.92 Å². The van der Waals surface area contributed by atoms with Gasteiger partial charge in [0, 0.05) is 36.2 Å². The summed E-state index contributed by atoms with van der Waals surface area (Å²) in [5.74, 6) is 4.10. The highest BCUT2D eigenvalue weighted by molar-refractivity contribution is 5.59. The highest BCUT2D eigenvalue weighted by Gasteiger charge is 2.47. The molecule has 0 amide bonds. The van der Waals surface area contributed by atoms with E-state index in [9.17, 15) is 18.3 Å². The standard InChI is InChI=1S/C32H37F4N5O4/c1-4-6-20-11-22(37)27(33)25(26(20)32(34,35)36)24-12-23-21(15-44-24)28(40-9-10-43-17-30(3,42)16-40)39-29(38-23)45-18-31-7-5-8-41(31)14-19(2)13-31/h11,24,42H,2,5,7-10,12-18,37H2,1,3H3/t24-,30-,31+/m0/s1. The lowest BCUT2D eigenvalue weighted by Gasteiger charge is -2.34. The highest BCUT2D eigenvalue weighted by atomic mass is 19.4. The summed E-state index contributed by atoms with van der Waals surface area (Å²) in [6.07, 6.45) is -3.71. The van der Waals surface area contributed by atoms with Crippen LogP contribution >= 0.6 is 0 Å². The summed E-state index contributed by atoms with van der Waals surface area (Å²) < 4.78 is 76.7. The number of nitrogens with zero attached hydrogens (tertiary/aromatic N) is 4. The third kappa shape index (κ3) is 6.08. The van der Waals surface area contributed by atoms with E-state index in [1.165, 1.54) is 6.92 Å². The fourth-order valence-corrected chi connectivity index (χ4v) is 7.11. The summed E-state index contributed by atoms with van der Waals surface area (Å²) in [6, 6.07) is 0.951. The second-order valence-corrected chi connectivity index (χ2v) is 12.7. The van der Waals surface area contributed by atoms with E-state index < -0.39 is 46.1 Å². The van der Waals surface area contributed by atoms with E-state index >= 15 is 4.39 Å². The van der Waals surface area contributed by atoms with Gasteiger partial charge in [-0.05, 0) is 45.7 Å². The van der Waals surface area contributed by atoms with Crippen molar-refractivity contribution in [3.05, 3.63) is 52.0 Å². The van der Waals surface area contributed by atoms with Crippen molar-refractivity contribution in [1.82, 2.24) is 14.9 Å². The summed E-state index contributed by atoms with van der Waals surface area (Å²) in [7, 11) is 0. The quantitative estimate of drug-likeness (QED) is 0.218. The van der Waals surface area contributed by atoms with Gasteiger partial charge in [-0.3, -0.25) is 4.90 Å². The first-order valence-electron chi connectivity index (χ1n) is 15.0. The molecule has 1 aromatic heterocycles. The highest BCUT2D eigenvalue weighted by Crippen LogP contribution is 2.45. The number of anilines is 2. The third-order valence-electron chi connectivity index (χ3n) is 9.01. The van der Waals surface area contributed by atoms with Gasteiger partial charge in [0.1, 0.15) is 18.0 Å². The molecule has 5 heterocycles. The number of fused-ring (bicyclic) bond motifs is 2. The molecular formula is C32H37F4N5O4. The Morgan fingerprint density at radius 2 is 2.09 bits per heavy atom. The molecule has 3 atom stereocenters. The molecule has 0 saturated carbocycles. The Morgan fingerprint density at radius 3 is 2.84 bits per heavy atom. The number of halogens is 4. The maximum absolute atomic E-state index is 15.5. The summed E-state index contributed by atoms with van der Waals surface area (Å²) in [5, 5.41) is 10.9. The average Bonchev–Trinajstić information content (AvgIpc) is 3.42. The molecule has 3 fully saturated rings. The fourth-order valence-electron chi connectivity index (χ4n) is 7.11. The number of hydrogen-bond acceptors (Lipinski definition) is 9. The van der Waals surface area contributed by atoms with E-state index in [-0.39, 0.29) is 37.7 Å². The fraction of sp³-hybridized carbons (Fsp3) is 0.562. The molecule has 0 bridgehead atoms. The number of alkyl halides is 3. The minimum absolute atomic E-state index is 0.0505. The Hall–Kier alpha value is -3.44. The summed E-state index contributed by atoms with van der Waals surface area (Å²) in [4.78, 5) is 13.6. The Balaban J connectivity index is 1.41. The molecule has 4 aliphatic heterocycles. The average molecular weight is 632 g/mol. The van der Waals surface area contributed by atoms with Crippen molar-refractivity contribution in [2.75, 3.05) is 56.6 Å². The smallest absolute Gasteiger partial charge is 0.418 e. The van der Waals surface area contributed by atoms with Crippen LogP contribution in [0.5, 0.6) is 6.01 Å². The van der Waals surface area contributed by atoms with Crippen molar-refractivity contribution >= 4 is 11.5 Å². The zero-order chi connectivity index (χ0) is 32.1. The summed E-state index contributed by atoms with van der Waals surface area (Å²) in [6.45, 7) is 10.1. The van der Waals surface area contributed by atoms with Crippen molar-refractivity contribution in [3.8, 4) is 17.9 Å². The minimum Gasteiger partial charge on any atom is -0.461 e. The Labute approximate surface area is 259 Å². The molecule has 45 heavy (non-hydrogen) atoms. The van der Waals surface area contributed by atoms with Gasteiger partial charge in [0.2, 0.25) is 0 Å². The third-order valence-corrected chi connectivity index (χ3v) is 9.01. The first-order chi connectivity index (χ1) is 21.3. The molecule has 9 nitrogen and oxygen atoms in total. The number of aromatic nitrogens is 2. The van der Waals surface area contributed by atoms with Gasteiger partial charge >= 0.3 is 12.2 Å². The Kier molecular flexibility index (Phi) is 8.22. The van der Waals surface area contributed by atoms with Crippen molar-refractivity contribution in [2.24, 2.45) is 0 Å². The predicted octanol–water partition coefficient (Wildman–Crippen LogP) is 4.16. The first kappa shape index (κ1) is 31.5. The van der Waals surface area contributed by atoms with Gasteiger partial charge in [0.25, 0.3) is 0 Å². The van der Waals surface area contributed by atoms with Crippen LogP contribution in [0, 0.1) is 17.7 Å². The van der Waals surface area contributed by atoms with E-state index in [0.717, 1.165) is 44.0 Å². The van der Waals surface area contributed by atoms with Gasteiger partial charge in [0.15, 0.2) is 5.82 Å². The second kappa shape index (κ2) is 11.7. The van der Waals surface area contributed by atoms with E-state index in [1.54, 1.807) is 6.92 Å². The molecule has 6 rings (SSSR count). The van der Waals surface area contributed by atoms with Crippen molar-refractivity contribution < 1.29 is 36.9 Å². The number of nitrogens with two attached hydrogens (primary N) is 1. The van der Waals surface area contributed by atoms with E-state index in [0.29, 0.717) is 36.8 Å². The summed E-state index contributed by atoms with van der Waals surface area (Å²) >= 11 is 0. The molecule has 1 aromatic carbocycles. The first-order valence-corrected chi connectivity index (χ1v) is 15.0. The molecule has 3 saturated heterocycles. The van der Waals surface area contributed by atoms with Crippen LogP contribution in [0.15, 0.2) is 18.2 Å². The Morgan fingerprint density at radius 1 is 1.29 bits per heavy atom. The molecule has 0 unspecified atom stereocenters. The van der Waals surface area contributed by atoms with Crippen LogP contribution in [0.4, 0.5) is 29.1 Å². The maximum Gasteiger partial charge on any atom is 0.418 e. The van der Waals surface area contributed by atoms with E-state index in [4.69, 9.17) is 24.9 Å². The number of rotatable bonds is 5. The lowest BCUT2D eigenvalue weighted by atomic mass is 9.90. The number of ether oxygens (including phenoxy) is 3. The van der Waals surface area contributed by atoms with Crippen LogP contribution in [-0.2, 0) is 28.7 Å². The zero-order valence-corrected chi connectivity index (χ0v) is 25.4. The number of β-amino-alcohol motifs (C(OH)–C–C–N with tert-alkyl or cyclic N) is 1. The largest absolute Gasteiger partial charge is 0.461 e. The van der Waals surface area contributed by atoms with Crippen LogP contribution < -0.4 is 15.4 Å². The van der Waals surface area contributed by atoms with Gasteiger partial charge in [-0.25, -0.2) is 4.39 Å². The van der Waals surface area contributed by atoms with Gasteiger partial charge in [0.05, 0.1) is 55.0 Å². The second-order valence-electron chi connectivity index (χ2n) is 12.7. The van der Waals surface area contributed by atoms with Crippen LogP contribution in [0.2, 0.25) is 0 Å². The minimum atomic E-state index is -4.92. The monoisotopic (exact) mass is 631 g/mol. The molecule has 3 N–H and O–H groups in total. The molecule has 242 valence electrons. The van der Waals surface area contributed by atoms with Crippen LogP contribution in [0.1, 0.15) is 67.2 Å². The lowest BCUT2D eigenvalue weighted by Crippen LogP contribution is -2.44. The Bertz CT molecular complexity index is 1570. The van der Waals surface area contributed by atoms with Crippen molar-refractivity contribution in [2.45, 2.75) is 69.6 Å². The predicted molar refractivity (Wildman–Crippen MR) is 158 cm³/mol. The number of benzene rings is 1. The topological polar surface area (TPSA) is 106 Å². The van der Waals surface area contributed by atoms with Crippen LogP contribution in [-0.4, -0.2) is 77.1 Å². The van der Waals surface area contributed by atoms with E-state index in [1.807, 2.05) is 4.90 Å². The normalized spacial score (nSPS) is 27.0.